The molecular formula is C54H96NO8P. The van der Waals surface area contributed by atoms with Crippen molar-refractivity contribution in [1.29, 1.82) is 0 Å². The van der Waals surface area contributed by atoms with Crippen molar-refractivity contribution < 1.29 is 42.1 Å². The number of nitrogens with zero attached hydrogens (tertiary/aromatic N) is 1. The molecule has 0 bridgehead atoms. The topological polar surface area (TPSA) is 111 Å². The summed E-state index contributed by atoms with van der Waals surface area (Å²) in [5.41, 5.74) is 0. The third kappa shape index (κ3) is 48.9. The second kappa shape index (κ2) is 45.6. The minimum atomic E-state index is -4.65. The number of carbonyl (C=O) groups excluding carboxylic acids is 2. The number of likely N-dealkylation sites (N-methyl/N-ethyl adjacent to an activating group) is 1. The van der Waals surface area contributed by atoms with Gasteiger partial charge in [0.05, 0.1) is 27.7 Å². The zero-order chi connectivity index (χ0) is 47.1. The van der Waals surface area contributed by atoms with Crippen LogP contribution in [0.15, 0.2) is 72.9 Å². The van der Waals surface area contributed by atoms with E-state index in [4.69, 9.17) is 18.5 Å². The maximum atomic E-state index is 12.7. The van der Waals surface area contributed by atoms with Crippen LogP contribution < -0.4 is 4.89 Å². The summed E-state index contributed by atoms with van der Waals surface area (Å²) in [5, 5.41) is 0. The van der Waals surface area contributed by atoms with E-state index in [0.717, 1.165) is 57.8 Å². The monoisotopic (exact) mass is 918 g/mol. The van der Waals surface area contributed by atoms with Crippen molar-refractivity contribution >= 4 is 19.8 Å². The molecule has 0 aliphatic heterocycles. The normalized spacial score (nSPS) is 14.0. The number of esters is 2. The molecule has 0 radical (unpaired) electrons. The number of phosphoric ester groups is 1. The highest BCUT2D eigenvalue weighted by molar-refractivity contribution is 7.45. The number of quaternary nitrogens is 1. The van der Waals surface area contributed by atoms with Crippen LogP contribution in [-0.2, 0) is 32.7 Å². The van der Waals surface area contributed by atoms with Gasteiger partial charge in [-0.05, 0) is 51.4 Å². The molecule has 0 fully saturated rings. The summed E-state index contributed by atoms with van der Waals surface area (Å²) in [6.07, 6.45) is 58.1. The van der Waals surface area contributed by atoms with Gasteiger partial charge in [-0.2, -0.15) is 0 Å². The Bertz CT molecular complexity index is 1310. The molecule has 0 aromatic carbocycles. The van der Waals surface area contributed by atoms with Crippen LogP contribution in [0, 0.1) is 0 Å². The number of unbranched alkanes of at least 4 members (excludes halogenated alkanes) is 20. The third-order valence-corrected chi connectivity index (χ3v) is 11.7. The number of hydrogen-bond donors (Lipinski definition) is 0. The minimum absolute atomic E-state index is 0.0439. The zero-order valence-corrected chi connectivity index (χ0v) is 42.6. The van der Waals surface area contributed by atoms with Crippen molar-refractivity contribution in [1.82, 2.24) is 0 Å². The maximum absolute atomic E-state index is 12.7. The number of carbonyl (C=O) groups is 2. The van der Waals surface area contributed by atoms with Crippen LogP contribution >= 0.6 is 7.82 Å². The number of allylic oxidation sites excluding steroid dienone is 12. The van der Waals surface area contributed by atoms with E-state index in [1.807, 2.05) is 33.3 Å². The molecule has 10 heteroatoms. The first-order valence-electron chi connectivity index (χ1n) is 25.6. The Morgan fingerprint density at radius 1 is 0.500 bits per heavy atom. The summed E-state index contributed by atoms with van der Waals surface area (Å²) in [7, 11) is 1.12. The molecule has 0 aliphatic carbocycles. The summed E-state index contributed by atoms with van der Waals surface area (Å²) in [6, 6.07) is 0. The summed E-state index contributed by atoms with van der Waals surface area (Å²) in [4.78, 5) is 37.7. The average Bonchev–Trinajstić information content (AvgIpc) is 3.25. The van der Waals surface area contributed by atoms with Crippen LogP contribution in [0.5, 0.6) is 0 Å². The molecule has 0 N–H and O–H groups in total. The molecular weight excluding hydrogens is 822 g/mol. The number of ether oxygens (including phenoxy) is 2. The van der Waals surface area contributed by atoms with E-state index in [9.17, 15) is 19.0 Å². The van der Waals surface area contributed by atoms with Crippen LogP contribution in [0.1, 0.15) is 206 Å². The quantitative estimate of drug-likeness (QED) is 0.0195. The fraction of sp³-hybridized carbons (Fsp3) is 0.741. The van der Waals surface area contributed by atoms with E-state index in [1.54, 1.807) is 0 Å². The summed E-state index contributed by atoms with van der Waals surface area (Å²) in [5.74, 6) is -0.929. The summed E-state index contributed by atoms with van der Waals surface area (Å²) < 4.78 is 34.0. The van der Waals surface area contributed by atoms with Gasteiger partial charge < -0.3 is 27.9 Å². The van der Waals surface area contributed by atoms with Crippen molar-refractivity contribution in [3.63, 3.8) is 0 Å². The Kier molecular flexibility index (Phi) is 43.8. The van der Waals surface area contributed by atoms with E-state index in [0.29, 0.717) is 23.9 Å². The summed E-state index contributed by atoms with van der Waals surface area (Å²) >= 11 is 0. The third-order valence-electron chi connectivity index (χ3n) is 10.8. The molecule has 0 aromatic heterocycles. The lowest BCUT2D eigenvalue weighted by Crippen LogP contribution is -2.37. The Morgan fingerprint density at radius 2 is 0.891 bits per heavy atom. The molecule has 2 atom stereocenters. The van der Waals surface area contributed by atoms with Gasteiger partial charge in [-0.25, -0.2) is 0 Å². The first kappa shape index (κ1) is 61.5. The highest BCUT2D eigenvalue weighted by Gasteiger charge is 2.21. The highest BCUT2D eigenvalue weighted by Crippen LogP contribution is 2.38. The largest absolute Gasteiger partial charge is 0.756 e. The van der Waals surface area contributed by atoms with Crippen molar-refractivity contribution in [3.05, 3.63) is 72.9 Å². The van der Waals surface area contributed by atoms with Gasteiger partial charge in [0.15, 0.2) is 6.10 Å². The maximum Gasteiger partial charge on any atom is 0.306 e. The molecule has 0 saturated carbocycles. The smallest absolute Gasteiger partial charge is 0.306 e. The van der Waals surface area contributed by atoms with E-state index < -0.39 is 32.5 Å². The van der Waals surface area contributed by atoms with Gasteiger partial charge in [-0.3, -0.25) is 14.2 Å². The van der Waals surface area contributed by atoms with Gasteiger partial charge in [0.2, 0.25) is 0 Å². The number of rotatable bonds is 46. The molecule has 0 amide bonds. The number of hydrogen-bond acceptors (Lipinski definition) is 8. The Morgan fingerprint density at radius 3 is 1.30 bits per heavy atom. The summed E-state index contributed by atoms with van der Waals surface area (Å²) in [6.45, 7) is 4.05. The molecule has 370 valence electrons. The zero-order valence-electron chi connectivity index (χ0n) is 41.7. The fourth-order valence-corrected chi connectivity index (χ4v) is 7.53. The molecule has 0 saturated heterocycles. The first-order valence-corrected chi connectivity index (χ1v) is 27.1. The highest BCUT2D eigenvalue weighted by atomic mass is 31.2. The van der Waals surface area contributed by atoms with Crippen LogP contribution in [0.25, 0.3) is 0 Å². The van der Waals surface area contributed by atoms with Crippen molar-refractivity contribution in [2.24, 2.45) is 0 Å². The minimum Gasteiger partial charge on any atom is -0.756 e. The molecule has 1 unspecified atom stereocenters. The second-order valence-electron chi connectivity index (χ2n) is 18.2. The predicted molar refractivity (Wildman–Crippen MR) is 268 cm³/mol. The standard InChI is InChI=1S/C54H96NO8P/c1-6-8-10-12-14-16-18-20-22-24-26-27-29-31-33-35-37-39-41-43-45-47-54(57)63-52(51-62-64(58,59)61-49-48-55(3,4)5)50-60-53(56)46-44-42-40-38-36-34-32-30-28-25-23-21-19-17-15-13-11-9-7-2/h9,11,15,17,21,23,28,30,34,36,40,42,52H,6-8,10,12-14,16,18-20,22,24-27,29,31-33,35,37-39,41,43-51H2,1-5H3/b11-9+,17-15+,23-21+,30-28+,36-34+,42-40+/t52-/m1/s1. The van der Waals surface area contributed by atoms with E-state index in [-0.39, 0.29) is 26.1 Å². The Labute approximate surface area is 393 Å². The van der Waals surface area contributed by atoms with Gasteiger partial charge in [0.1, 0.15) is 19.8 Å². The number of phosphoric acid groups is 1. The lowest BCUT2D eigenvalue weighted by atomic mass is 10.0. The lowest BCUT2D eigenvalue weighted by molar-refractivity contribution is -0.870. The molecule has 64 heavy (non-hydrogen) atoms. The Hall–Kier alpha value is -2.55. The van der Waals surface area contributed by atoms with Gasteiger partial charge >= 0.3 is 11.9 Å². The Balaban J connectivity index is 4.34. The molecule has 0 spiro atoms. The molecule has 0 heterocycles. The van der Waals surface area contributed by atoms with E-state index in [2.05, 4.69) is 74.6 Å². The van der Waals surface area contributed by atoms with Gasteiger partial charge in [-0.1, -0.05) is 215 Å². The molecule has 9 nitrogen and oxygen atoms in total. The van der Waals surface area contributed by atoms with Crippen LogP contribution in [0.4, 0.5) is 0 Å². The van der Waals surface area contributed by atoms with Crippen LogP contribution in [0.2, 0.25) is 0 Å². The van der Waals surface area contributed by atoms with Crippen molar-refractivity contribution in [2.75, 3.05) is 47.5 Å². The van der Waals surface area contributed by atoms with Crippen molar-refractivity contribution in [3.8, 4) is 0 Å². The first-order chi connectivity index (χ1) is 31.0. The van der Waals surface area contributed by atoms with Gasteiger partial charge in [0.25, 0.3) is 7.82 Å². The second-order valence-corrected chi connectivity index (χ2v) is 19.6. The van der Waals surface area contributed by atoms with Crippen LogP contribution in [-0.4, -0.2) is 70.0 Å². The SMILES string of the molecule is CC/C=C/C/C=C/C/C=C/C/C=C/C/C=C/C/C=C/CCC(=O)OC[C@H](COP(=O)([O-])OCC[N+](C)(C)C)OC(=O)CCCCCCCCCCCCCCCCCCCCCCC. The molecule has 0 aliphatic rings. The van der Waals surface area contributed by atoms with E-state index >= 15 is 0 Å². The van der Waals surface area contributed by atoms with Crippen molar-refractivity contribution in [2.45, 2.75) is 213 Å². The lowest BCUT2D eigenvalue weighted by Gasteiger charge is -2.28. The molecule has 0 rings (SSSR count). The fourth-order valence-electron chi connectivity index (χ4n) is 6.80. The molecule has 0 aromatic rings. The predicted octanol–water partition coefficient (Wildman–Crippen LogP) is 14.7. The van der Waals surface area contributed by atoms with Crippen LogP contribution in [0.3, 0.4) is 0 Å². The van der Waals surface area contributed by atoms with Gasteiger partial charge in [0, 0.05) is 12.8 Å². The average molecular weight is 918 g/mol. The van der Waals surface area contributed by atoms with Gasteiger partial charge in [-0.15, -0.1) is 0 Å². The van der Waals surface area contributed by atoms with E-state index in [1.165, 1.54) is 109 Å².